The van der Waals surface area contributed by atoms with Crippen molar-refractivity contribution in [1.29, 1.82) is 0 Å². The lowest BCUT2D eigenvalue weighted by Gasteiger charge is -2.18. The molecule has 4 rings (SSSR count). The Hall–Kier alpha value is -2.47. The summed E-state index contributed by atoms with van der Waals surface area (Å²) in [6.45, 7) is 1.43. The maximum atomic E-state index is 11.4. The normalized spacial score (nSPS) is 17.7. The van der Waals surface area contributed by atoms with Crippen LogP contribution in [0.2, 0.25) is 0 Å². The van der Waals surface area contributed by atoms with E-state index in [0.717, 1.165) is 40.1 Å². The van der Waals surface area contributed by atoms with Crippen molar-refractivity contribution in [2.75, 3.05) is 18.0 Å². The van der Waals surface area contributed by atoms with E-state index in [1.165, 1.54) is 0 Å². The lowest BCUT2D eigenvalue weighted by molar-refractivity contribution is -0.121. The van der Waals surface area contributed by atoms with Crippen molar-refractivity contribution in [3.8, 4) is 11.1 Å². The maximum absolute atomic E-state index is 11.4. The number of amides is 1. The molecule has 2 aromatic heterocycles. The number of rotatable bonds is 3. The molecule has 0 bridgehead atoms. The second-order valence-electron chi connectivity index (χ2n) is 5.73. The second-order valence-corrected chi connectivity index (χ2v) is 6.58. The molecule has 116 valence electrons. The van der Waals surface area contributed by atoms with Gasteiger partial charge in [0.25, 0.3) is 0 Å². The van der Waals surface area contributed by atoms with E-state index in [4.69, 9.17) is 5.73 Å². The average molecular weight is 324 g/mol. The highest BCUT2D eigenvalue weighted by molar-refractivity contribution is 7.17. The minimum Gasteiger partial charge on any atom is -0.369 e. The van der Waals surface area contributed by atoms with E-state index in [-0.39, 0.29) is 11.8 Å². The van der Waals surface area contributed by atoms with Gasteiger partial charge in [0.1, 0.15) is 17.0 Å². The van der Waals surface area contributed by atoms with E-state index in [1.807, 2.05) is 18.2 Å². The van der Waals surface area contributed by atoms with Crippen LogP contribution in [0.4, 0.5) is 5.82 Å². The fraction of sp³-hybridized carbons (Fsp3) is 0.235. The summed E-state index contributed by atoms with van der Waals surface area (Å²) in [5.74, 6) is 0.573. The zero-order valence-electron chi connectivity index (χ0n) is 12.5. The smallest absolute Gasteiger partial charge is 0.222 e. The van der Waals surface area contributed by atoms with Crippen LogP contribution in [0, 0.1) is 5.92 Å². The van der Waals surface area contributed by atoms with Crippen molar-refractivity contribution >= 4 is 33.3 Å². The Morgan fingerprint density at radius 3 is 2.83 bits per heavy atom. The highest BCUT2D eigenvalue weighted by Gasteiger charge is 2.29. The Morgan fingerprint density at radius 2 is 2.09 bits per heavy atom. The molecule has 0 saturated carbocycles. The second kappa shape index (κ2) is 5.62. The summed E-state index contributed by atoms with van der Waals surface area (Å²) >= 11 is 1.62. The number of thiophene rings is 1. The van der Waals surface area contributed by atoms with Crippen molar-refractivity contribution in [2.24, 2.45) is 11.7 Å². The van der Waals surface area contributed by atoms with Gasteiger partial charge in [-0.1, -0.05) is 30.3 Å². The summed E-state index contributed by atoms with van der Waals surface area (Å²) in [4.78, 5) is 23.5. The Morgan fingerprint density at radius 1 is 1.26 bits per heavy atom. The zero-order valence-corrected chi connectivity index (χ0v) is 13.3. The predicted octanol–water partition coefficient (Wildman–Crippen LogP) is 2.67. The summed E-state index contributed by atoms with van der Waals surface area (Å²) in [5.41, 5.74) is 7.75. The van der Waals surface area contributed by atoms with Gasteiger partial charge in [0.05, 0.1) is 11.3 Å². The molecule has 1 saturated heterocycles. The monoisotopic (exact) mass is 324 g/mol. The molecular formula is C17H16N4OS. The molecular weight excluding hydrogens is 308 g/mol. The number of nitrogens with two attached hydrogens (primary N) is 1. The van der Waals surface area contributed by atoms with Crippen LogP contribution >= 0.6 is 11.3 Å². The third kappa shape index (κ3) is 2.45. The first kappa shape index (κ1) is 14.1. The molecule has 0 aliphatic carbocycles. The number of carbonyl (C=O) groups is 1. The molecule has 6 heteroatoms. The largest absolute Gasteiger partial charge is 0.369 e. The molecule has 5 nitrogen and oxygen atoms in total. The Balaban J connectivity index is 1.82. The molecule has 0 spiro atoms. The van der Waals surface area contributed by atoms with Crippen molar-refractivity contribution in [3.63, 3.8) is 0 Å². The van der Waals surface area contributed by atoms with Gasteiger partial charge in [-0.25, -0.2) is 9.97 Å². The van der Waals surface area contributed by atoms with E-state index >= 15 is 0 Å². The zero-order chi connectivity index (χ0) is 15.8. The lowest BCUT2D eigenvalue weighted by atomic mass is 10.1. The van der Waals surface area contributed by atoms with Crippen LogP contribution in [0.1, 0.15) is 6.42 Å². The first-order valence-electron chi connectivity index (χ1n) is 7.56. The summed E-state index contributed by atoms with van der Waals surface area (Å²) < 4.78 is 0. The van der Waals surface area contributed by atoms with Crippen LogP contribution in [0.25, 0.3) is 21.3 Å². The average Bonchev–Trinajstić information content (AvgIpc) is 3.23. The molecule has 1 fully saturated rings. The molecule has 1 aliphatic heterocycles. The van der Waals surface area contributed by atoms with Gasteiger partial charge in [-0.2, -0.15) is 0 Å². The summed E-state index contributed by atoms with van der Waals surface area (Å²) in [6, 6.07) is 10.2. The number of hydrogen-bond donors (Lipinski definition) is 1. The van der Waals surface area contributed by atoms with Gasteiger partial charge in [-0.3, -0.25) is 4.79 Å². The van der Waals surface area contributed by atoms with Gasteiger partial charge < -0.3 is 10.6 Å². The summed E-state index contributed by atoms with van der Waals surface area (Å²) in [5, 5.41) is 3.19. The quantitative estimate of drug-likeness (QED) is 0.804. The first-order valence-corrected chi connectivity index (χ1v) is 8.44. The van der Waals surface area contributed by atoms with Gasteiger partial charge in [0, 0.05) is 24.0 Å². The Labute approximate surface area is 137 Å². The highest BCUT2D eigenvalue weighted by Crippen LogP contribution is 2.38. The molecule has 3 heterocycles. The number of primary amides is 1. The van der Waals surface area contributed by atoms with Gasteiger partial charge in [-0.15, -0.1) is 11.3 Å². The van der Waals surface area contributed by atoms with Crippen molar-refractivity contribution < 1.29 is 4.79 Å². The van der Waals surface area contributed by atoms with Gasteiger partial charge in [0.15, 0.2) is 0 Å². The third-order valence-corrected chi connectivity index (χ3v) is 5.21. The van der Waals surface area contributed by atoms with Gasteiger partial charge in [-0.05, 0) is 12.0 Å². The molecule has 0 unspecified atom stereocenters. The number of nitrogens with zero attached hydrogens (tertiary/aromatic N) is 3. The minimum absolute atomic E-state index is 0.0983. The standard InChI is InChI=1S/C17H16N4OS/c18-15(22)12-6-7-21(8-12)16-14-13(11-4-2-1-3-5-11)9-23-17(14)20-10-19-16/h1-5,9-10,12H,6-8H2,(H2,18,22)/t12-/m1/s1. The van der Waals surface area contributed by atoms with Gasteiger partial charge in [0.2, 0.25) is 5.91 Å². The van der Waals surface area contributed by atoms with Crippen LogP contribution in [-0.2, 0) is 4.79 Å². The van der Waals surface area contributed by atoms with Crippen molar-refractivity contribution in [3.05, 3.63) is 42.0 Å². The van der Waals surface area contributed by atoms with Crippen molar-refractivity contribution in [1.82, 2.24) is 9.97 Å². The summed E-state index contributed by atoms with van der Waals surface area (Å²) in [6.07, 6.45) is 2.38. The van der Waals surface area contributed by atoms with E-state index in [2.05, 4.69) is 32.4 Å². The number of carbonyl (C=O) groups excluding carboxylic acids is 1. The van der Waals surface area contributed by atoms with E-state index < -0.39 is 0 Å². The van der Waals surface area contributed by atoms with Crippen LogP contribution in [0.15, 0.2) is 42.0 Å². The van der Waals surface area contributed by atoms with Crippen LogP contribution < -0.4 is 10.6 Å². The fourth-order valence-electron chi connectivity index (χ4n) is 3.11. The van der Waals surface area contributed by atoms with Crippen LogP contribution in [0.5, 0.6) is 0 Å². The summed E-state index contributed by atoms with van der Waals surface area (Å²) in [7, 11) is 0. The Kier molecular flexibility index (Phi) is 3.46. The number of benzene rings is 1. The van der Waals surface area contributed by atoms with Crippen LogP contribution in [-0.4, -0.2) is 29.0 Å². The lowest BCUT2D eigenvalue weighted by Crippen LogP contribution is -2.27. The van der Waals surface area contributed by atoms with Crippen molar-refractivity contribution in [2.45, 2.75) is 6.42 Å². The third-order valence-electron chi connectivity index (χ3n) is 4.33. The Bertz CT molecular complexity index is 861. The fourth-order valence-corrected chi connectivity index (χ4v) is 4.02. The minimum atomic E-state index is -0.230. The number of aromatic nitrogens is 2. The number of anilines is 1. The molecule has 1 atom stereocenters. The van der Waals surface area contributed by atoms with Gasteiger partial charge >= 0.3 is 0 Å². The highest BCUT2D eigenvalue weighted by atomic mass is 32.1. The SMILES string of the molecule is NC(=O)[C@@H]1CCN(c2ncnc3scc(-c4ccccc4)c23)C1. The predicted molar refractivity (Wildman–Crippen MR) is 92.4 cm³/mol. The molecule has 1 aromatic carbocycles. The molecule has 3 aromatic rings. The van der Waals surface area contributed by atoms with E-state index in [9.17, 15) is 4.79 Å². The molecule has 0 radical (unpaired) electrons. The molecule has 1 aliphatic rings. The number of fused-ring (bicyclic) bond motifs is 1. The first-order chi connectivity index (χ1) is 11.2. The molecule has 23 heavy (non-hydrogen) atoms. The van der Waals surface area contributed by atoms with Crippen LogP contribution in [0.3, 0.4) is 0 Å². The molecule has 2 N–H and O–H groups in total. The van der Waals surface area contributed by atoms with E-state index in [1.54, 1.807) is 17.7 Å². The molecule has 1 amide bonds. The maximum Gasteiger partial charge on any atom is 0.222 e. The number of hydrogen-bond acceptors (Lipinski definition) is 5. The van der Waals surface area contributed by atoms with E-state index in [0.29, 0.717) is 6.54 Å². The topological polar surface area (TPSA) is 72.1 Å².